The molecule has 3 rings (SSSR count). The molecule has 2 aliphatic heterocycles. The third-order valence-electron chi connectivity index (χ3n) is 5.26. The van der Waals surface area contributed by atoms with E-state index in [4.69, 9.17) is 16.3 Å². The summed E-state index contributed by atoms with van der Waals surface area (Å²) in [5.74, 6) is -2.25. The Morgan fingerprint density at radius 2 is 2.04 bits per heavy atom. The van der Waals surface area contributed by atoms with Crippen molar-refractivity contribution in [2.75, 3.05) is 6.61 Å². The van der Waals surface area contributed by atoms with E-state index in [2.05, 4.69) is 5.32 Å². The van der Waals surface area contributed by atoms with Gasteiger partial charge in [0.2, 0.25) is 0 Å². The van der Waals surface area contributed by atoms with Gasteiger partial charge < -0.3 is 9.64 Å². The Morgan fingerprint density at radius 3 is 2.69 bits per heavy atom. The molecule has 2 fully saturated rings. The van der Waals surface area contributed by atoms with Gasteiger partial charge in [0, 0.05) is 12.6 Å². The first-order valence-corrected chi connectivity index (χ1v) is 9.30. The first kappa shape index (κ1) is 19.5. The Morgan fingerprint density at radius 1 is 1.31 bits per heavy atom. The van der Waals surface area contributed by atoms with Gasteiger partial charge in [-0.25, -0.2) is 18.0 Å². The highest BCUT2D eigenvalue weighted by Gasteiger charge is 2.50. The number of nitrogens with zero attached hydrogens (tertiary/aromatic N) is 1. The van der Waals surface area contributed by atoms with Crippen LogP contribution in [-0.2, 0) is 14.3 Å². The number of halogens is 4. The number of rotatable bonds is 3. The van der Waals surface area contributed by atoms with E-state index in [0.717, 1.165) is 0 Å². The molecule has 7 unspecified atom stereocenters. The molecule has 0 aromatic heterocycles. The van der Waals surface area contributed by atoms with Crippen molar-refractivity contribution in [1.82, 2.24) is 10.2 Å². The molecular formula is C17H22ClF3N2O3. The van der Waals surface area contributed by atoms with Crippen LogP contribution in [0, 0.1) is 5.92 Å². The number of nitrogens with one attached hydrogen (secondary N) is 1. The zero-order chi connectivity index (χ0) is 19.0. The second-order valence-electron chi connectivity index (χ2n) is 6.94. The van der Waals surface area contributed by atoms with Crippen LogP contribution in [0.4, 0.5) is 13.2 Å². The van der Waals surface area contributed by atoms with Crippen LogP contribution in [0.5, 0.6) is 0 Å². The summed E-state index contributed by atoms with van der Waals surface area (Å²) >= 11 is 5.96. The second-order valence-corrected chi connectivity index (χ2v) is 7.41. The smallest absolute Gasteiger partial charge is 0.343 e. The SMILES string of the molecule is CCOC(=O)C1=CN(C2CCC(F)CC2F)C2NC(Cl)C(F)CC2C1=O. The number of esters is 1. The van der Waals surface area contributed by atoms with Crippen LogP contribution in [0.15, 0.2) is 11.8 Å². The van der Waals surface area contributed by atoms with Gasteiger partial charge in [0.15, 0.2) is 5.78 Å². The quantitative estimate of drug-likeness (QED) is 0.345. The molecule has 0 aromatic carbocycles. The molecule has 9 heteroatoms. The minimum Gasteiger partial charge on any atom is -0.462 e. The summed E-state index contributed by atoms with van der Waals surface area (Å²) in [7, 11) is 0. The molecule has 146 valence electrons. The minimum atomic E-state index is -1.48. The van der Waals surface area contributed by atoms with Crippen molar-refractivity contribution >= 4 is 23.4 Å². The van der Waals surface area contributed by atoms with Gasteiger partial charge in [-0.2, -0.15) is 0 Å². The van der Waals surface area contributed by atoms with Crippen molar-refractivity contribution in [3.8, 4) is 0 Å². The highest BCUT2D eigenvalue weighted by atomic mass is 35.5. The summed E-state index contributed by atoms with van der Waals surface area (Å²) in [5.41, 5.74) is -1.26. The van der Waals surface area contributed by atoms with Gasteiger partial charge in [-0.05, 0) is 26.2 Å². The number of Topliss-reactive ketones (excluding diaryl/α,β-unsaturated/α-hetero) is 1. The predicted octanol–water partition coefficient (Wildman–Crippen LogP) is 2.39. The first-order valence-electron chi connectivity index (χ1n) is 8.86. The van der Waals surface area contributed by atoms with Crippen molar-refractivity contribution in [3.05, 3.63) is 11.8 Å². The summed E-state index contributed by atoms with van der Waals surface area (Å²) in [5, 5.41) is 2.81. The molecule has 1 aliphatic carbocycles. The molecule has 5 nitrogen and oxygen atoms in total. The van der Waals surface area contributed by atoms with Crippen LogP contribution in [0.1, 0.15) is 32.6 Å². The number of ether oxygens (including phenoxy) is 1. The molecular weight excluding hydrogens is 373 g/mol. The number of hydrogen-bond acceptors (Lipinski definition) is 5. The van der Waals surface area contributed by atoms with Gasteiger partial charge in [0.1, 0.15) is 29.6 Å². The minimum absolute atomic E-state index is 0.0734. The molecule has 1 saturated heterocycles. The zero-order valence-corrected chi connectivity index (χ0v) is 15.1. The standard InChI is InChI=1S/C17H22ClF3N2O3/c1-2-26-17(25)10-7-23(13-4-3-8(19)5-11(13)20)16-9(14(10)24)6-12(21)15(18)22-16/h7-9,11-13,15-16,22H,2-6H2,1H3. The van der Waals surface area contributed by atoms with E-state index in [9.17, 15) is 22.8 Å². The molecule has 1 saturated carbocycles. The summed E-state index contributed by atoms with van der Waals surface area (Å²) < 4.78 is 47.0. The molecule has 0 amide bonds. The molecule has 0 spiro atoms. The third kappa shape index (κ3) is 3.58. The van der Waals surface area contributed by atoms with Crippen molar-refractivity contribution < 1.29 is 27.5 Å². The summed E-state index contributed by atoms with van der Waals surface area (Å²) in [6.45, 7) is 1.67. The largest absolute Gasteiger partial charge is 0.462 e. The number of ketones is 1. The second kappa shape index (κ2) is 7.76. The lowest BCUT2D eigenvalue weighted by atomic mass is 9.81. The highest BCUT2D eigenvalue weighted by Crippen LogP contribution is 2.38. The van der Waals surface area contributed by atoms with Gasteiger partial charge >= 0.3 is 5.97 Å². The topological polar surface area (TPSA) is 58.6 Å². The maximum atomic E-state index is 14.5. The maximum Gasteiger partial charge on any atom is 0.343 e. The molecule has 26 heavy (non-hydrogen) atoms. The fourth-order valence-electron chi connectivity index (χ4n) is 3.96. The van der Waals surface area contributed by atoms with Crippen LogP contribution < -0.4 is 5.32 Å². The number of carbonyl (C=O) groups excluding carboxylic acids is 2. The summed E-state index contributed by atoms with van der Waals surface area (Å²) in [4.78, 5) is 26.4. The van der Waals surface area contributed by atoms with E-state index >= 15 is 0 Å². The Labute approximate surface area is 154 Å². The lowest BCUT2D eigenvalue weighted by molar-refractivity contribution is -0.143. The Kier molecular flexibility index (Phi) is 5.81. The fraction of sp³-hybridized carbons (Fsp3) is 0.765. The van der Waals surface area contributed by atoms with Gasteiger partial charge in [-0.15, -0.1) is 11.6 Å². The first-order chi connectivity index (χ1) is 12.3. The highest BCUT2D eigenvalue weighted by molar-refractivity contribution is 6.21. The Bertz CT molecular complexity index is 606. The maximum absolute atomic E-state index is 14.5. The number of fused-ring (bicyclic) bond motifs is 1. The molecule has 3 aliphatic rings. The van der Waals surface area contributed by atoms with Crippen LogP contribution in [0.3, 0.4) is 0 Å². The van der Waals surface area contributed by atoms with Gasteiger partial charge in [0.05, 0.1) is 24.7 Å². The van der Waals surface area contributed by atoms with E-state index in [1.54, 1.807) is 6.92 Å². The normalized spacial score (nSPS) is 40.7. The van der Waals surface area contributed by atoms with E-state index in [-0.39, 0.29) is 37.9 Å². The Hall–Kier alpha value is -1.28. The van der Waals surface area contributed by atoms with E-state index < -0.39 is 53.9 Å². The van der Waals surface area contributed by atoms with Crippen molar-refractivity contribution in [2.45, 2.75) is 68.8 Å². The fourth-order valence-corrected chi connectivity index (χ4v) is 4.20. The van der Waals surface area contributed by atoms with E-state index in [1.165, 1.54) is 11.1 Å². The average Bonchev–Trinajstić information content (AvgIpc) is 2.58. The number of alkyl halides is 4. The van der Waals surface area contributed by atoms with Crippen LogP contribution >= 0.6 is 11.6 Å². The van der Waals surface area contributed by atoms with E-state index in [1.807, 2.05) is 0 Å². The number of carbonyl (C=O) groups is 2. The van der Waals surface area contributed by atoms with Crippen molar-refractivity contribution in [3.63, 3.8) is 0 Å². The van der Waals surface area contributed by atoms with Crippen LogP contribution in [0.25, 0.3) is 0 Å². The number of piperidine rings is 1. The number of hydrogen-bond donors (Lipinski definition) is 1. The monoisotopic (exact) mass is 394 g/mol. The van der Waals surface area contributed by atoms with Gasteiger partial charge in [-0.1, -0.05) is 0 Å². The average molecular weight is 395 g/mol. The van der Waals surface area contributed by atoms with Crippen LogP contribution in [-0.4, -0.2) is 59.5 Å². The van der Waals surface area contributed by atoms with Crippen molar-refractivity contribution in [2.24, 2.45) is 5.92 Å². The molecule has 0 bridgehead atoms. The summed E-state index contributed by atoms with van der Waals surface area (Å²) in [6.07, 6.45) is -3.64. The van der Waals surface area contributed by atoms with Gasteiger partial charge in [0.25, 0.3) is 0 Å². The molecule has 2 heterocycles. The van der Waals surface area contributed by atoms with Crippen molar-refractivity contribution in [1.29, 1.82) is 0 Å². The third-order valence-corrected chi connectivity index (χ3v) is 5.66. The molecule has 7 atom stereocenters. The van der Waals surface area contributed by atoms with Crippen LogP contribution in [0.2, 0.25) is 0 Å². The predicted molar refractivity (Wildman–Crippen MR) is 88.6 cm³/mol. The zero-order valence-electron chi connectivity index (χ0n) is 14.3. The molecule has 0 aromatic rings. The molecule has 0 radical (unpaired) electrons. The Balaban J connectivity index is 1.95. The lowest BCUT2D eigenvalue weighted by Crippen LogP contribution is -2.65. The summed E-state index contributed by atoms with van der Waals surface area (Å²) in [6, 6.07) is -0.723. The van der Waals surface area contributed by atoms with E-state index in [0.29, 0.717) is 0 Å². The lowest BCUT2D eigenvalue weighted by Gasteiger charge is -2.49. The van der Waals surface area contributed by atoms with Gasteiger partial charge in [-0.3, -0.25) is 10.1 Å². The molecule has 1 N–H and O–H groups in total.